The van der Waals surface area contributed by atoms with Gasteiger partial charge in [-0.2, -0.15) is 0 Å². The zero-order valence-corrected chi connectivity index (χ0v) is 10.0. The molecule has 4 heteroatoms. The fourth-order valence-electron chi connectivity index (χ4n) is 2.08. The topological polar surface area (TPSA) is 58.4 Å². The fourth-order valence-corrected chi connectivity index (χ4v) is 2.08. The number of hydrogen-bond donors (Lipinski definition) is 2. The second kappa shape index (κ2) is 4.94. The minimum Gasteiger partial charge on any atom is -0.359 e. The largest absolute Gasteiger partial charge is 0.359 e. The Hall–Kier alpha value is -0.610. The molecule has 1 fully saturated rings. The molecule has 0 unspecified atom stereocenters. The Bertz CT molecular complexity index is 220. The van der Waals surface area contributed by atoms with Crippen molar-refractivity contribution in [1.29, 1.82) is 0 Å². The molecule has 15 heavy (non-hydrogen) atoms. The van der Waals surface area contributed by atoms with Crippen LogP contribution in [-0.2, 0) is 4.79 Å². The molecule has 1 saturated heterocycles. The van der Waals surface area contributed by atoms with Crippen LogP contribution in [0.5, 0.6) is 0 Å². The number of amides is 1. The predicted molar refractivity (Wildman–Crippen MR) is 61.5 cm³/mol. The van der Waals surface area contributed by atoms with E-state index >= 15 is 0 Å². The van der Waals surface area contributed by atoms with Crippen molar-refractivity contribution in [2.24, 2.45) is 11.7 Å². The molecule has 0 aromatic heterocycles. The molecule has 88 valence electrons. The van der Waals surface area contributed by atoms with Crippen molar-refractivity contribution in [2.75, 3.05) is 26.7 Å². The van der Waals surface area contributed by atoms with Crippen LogP contribution in [0.25, 0.3) is 0 Å². The van der Waals surface area contributed by atoms with Gasteiger partial charge in [0, 0.05) is 25.0 Å². The van der Waals surface area contributed by atoms with Gasteiger partial charge in [-0.15, -0.1) is 0 Å². The van der Waals surface area contributed by atoms with E-state index in [1.165, 1.54) is 0 Å². The summed E-state index contributed by atoms with van der Waals surface area (Å²) in [4.78, 5) is 13.8. The van der Waals surface area contributed by atoms with Gasteiger partial charge in [-0.1, -0.05) is 0 Å². The quantitative estimate of drug-likeness (QED) is 0.703. The maximum atomic E-state index is 11.4. The van der Waals surface area contributed by atoms with Gasteiger partial charge in [0.25, 0.3) is 0 Å². The van der Waals surface area contributed by atoms with E-state index in [4.69, 9.17) is 5.73 Å². The molecule has 1 rings (SSSR count). The molecule has 0 bridgehead atoms. The Morgan fingerprint density at radius 1 is 1.47 bits per heavy atom. The van der Waals surface area contributed by atoms with Gasteiger partial charge in [-0.3, -0.25) is 9.69 Å². The number of nitrogens with zero attached hydrogens (tertiary/aromatic N) is 1. The van der Waals surface area contributed by atoms with Crippen molar-refractivity contribution >= 4 is 5.91 Å². The molecule has 0 atom stereocenters. The average Bonchev–Trinajstić information content (AvgIpc) is 2.28. The van der Waals surface area contributed by atoms with Gasteiger partial charge in [0.2, 0.25) is 5.91 Å². The first-order valence-electron chi connectivity index (χ1n) is 5.68. The summed E-state index contributed by atoms with van der Waals surface area (Å²) in [6.45, 7) is 6.93. The van der Waals surface area contributed by atoms with E-state index in [1.54, 1.807) is 7.05 Å². The molecular formula is C11H23N3O. The van der Waals surface area contributed by atoms with Gasteiger partial charge in [0.15, 0.2) is 0 Å². The van der Waals surface area contributed by atoms with Crippen LogP contribution < -0.4 is 11.1 Å². The van der Waals surface area contributed by atoms with E-state index in [9.17, 15) is 4.79 Å². The molecule has 0 aromatic carbocycles. The Labute approximate surface area is 92.2 Å². The Morgan fingerprint density at radius 3 is 2.40 bits per heavy atom. The predicted octanol–water partition coefficient (Wildman–Crippen LogP) is 0.182. The second-order valence-electron chi connectivity index (χ2n) is 4.89. The van der Waals surface area contributed by atoms with Crippen molar-refractivity contribution in [1.82, 2.24) is 10.2 Å². The standard InChI is InChI=1S/C11H23N3O/c1-11(2,8-12)14-6-4-9(5-7-14)10(15)13-3/h9H,4-8,12H2,1-3H3,(H,13,15). The third kappa shape index (κ3) is 2.92. The molecule has 1 amide bonds. The third-order valence-electron chi connectivity index (χ3n) is 3.47. The summed E-state index contributed by atoms with van der Waals surface area (Å²) in [5.41, 5.74) is 5.80. The number of nitrogens with one attached hydrogen (secondary N) is 1. The van der Waals surface area contributed by atoms with Crippen LogP contribution >= 0.6 is 0 Å². The lowest BCUT2D eigenvalue weighted by molar-refractivity contribution is -0.126. The summed E-state index contributed by atoms with van der Waals surface area (Å²) in [7, 11) is 1.71. The lowest BCUT2D eigenvalue weighted by atomic mass is 9.92. The Balaban J connectivity index is 2.46. The number of likely N-dealkylation sites (tertiary alicyclic amines) is 1. The second-order valence-corrected chi connectivity index (χ2v) is 4.89. The van der Waals surface area contributed by atoms with Crippen LogP contribution in [0, 0.1) is 5.92 Å². The lowest BCUT2D eigenvalue weighted by Crippen LogP contribution is -2.53. The summed E-state index contributed by atoms with van der Waals surface area (Å²) in [6, 6.07) is 0. The van der Waals surface area contributed by atoms with Crippen molar-refractivity contribution < 1.29 is 4.79 Å². The summed E-state index contributed by atoms with van der Waals surface area (Å²) in [6.07, 6.45) is 1.90. The minimum atomic E-state index is 0.0632. The summed E-state index contributed by atoms with van der Waals surface area (Å²) >= 11 is 0. The average molecular weight is 213 g/mol. The van der Waals surface area contributed by atoms with Crippen LogP contribution in [0.15, 0.2) is 0 Å². The SMILES string of the molecule is CNC(=O)C1CCN(C(C)(C)CN)CC1. The number of nitrogens with two attached hydrogens (primary N) is 1. The van der Waals surface area contributed by atoms with Gasteiger partial charge in [0.1, 0.15) is 0 Å². The molecule has 1 aliphatic rings. The van der Waals surface area contributed by atoms with Crippen LogP contribution in [-0.4, -0.2) is 43.0 Å². The van der Waals surface area contributed by atoms with Crippen molar-refractivity contribution in [2.45, 2.75) is 32.2 Å². The zero-order chi connectivity index (χ0) is 11.5. The van der Waals surface area contributed by atoms with E-state index in [-0.39, 0.29) is 17.4 Å². The van der Waals surface area contributed by atoms with Crippen molar-refractivity contribution in [3.8, 4) is 0 Å². The summed E-state index contributed by atoms with van der Waals surface area (Å²) in [5, 5.41) is 2.72. The first-order chi connectivity index (χ1) is 7.01. The Morgan fingerprint density at radius 2 is 2.00 bits per heavy atom. The molecular weight excluding hydrogens is 190 g/mol. The van der Waals surface area contributed by atoms with Crippen molar-refractivity contribution in [3.63, 3.8) is 0 Å². The van der Waals surface area contributed by atoms with E-state index in [2.05, 4.69) is 24.1 Å². The van der Waals surface area contributed by atoms with E-state index in [0.29, 0.717) is 6.54 Å². The van der Waals surface area contributed by atoms with Crippen LogP contribution in [0.3, 0.4) is 0 Å². The molecule has 0 aliphatic carbocycles. The van der Waals surface area contributed by atoms with Gasteiger partial charge in [-0.25, -0.2) is 0 Å². The highest BCUT2D eigenvalue weighted by Gasteiger charge is 2.31. The Kier molecular flexibility index (Phi) is 4.11. The summed E-state index contributed by atoms with van der Waals surface area (Å²) < 4.78 is 0. The first kappa shape index (κ1) is 12.5. The van der Waals surface area contributed by atoms with Gasteiger partial charge >= 0.3 is 0 Å². The number of hydrogen-bond acceptors (Lipinski definition) is 3. The molecule has 3 N–H and O–H groups in total. The van der Waals surface area contributed by atoms with E-state index in [0.717, 1.165) is 25.9 Å². The number of carbonyl (C=O) groups is 1. The van der Waals surface area contributed by atoms with Crippen LogP contribution in [0.2, 0.25) is 0 Å². The van der Waals surface area contributed by atoms with Crippen molar-refractivity contribution in [3.05, 3.63) is 0 Å². The first-order valence-corrected chi connectivity index (χ1v) is 5.68. The number of carbonyl (C=O) groups excluding carboxylic acids is 1. The highest BCUT2D eigenvalue weighted by atomic mass is 16.1. The molecule has 0 aromatic rings. The molecule has 0 spiro atoms. The normalized spacial score (nSPS) is 20.3. The lowest BCUT2D eigenvalue weighted by Gasteiger charge is -2.42. The molecule has 0 saturated carbocycles. The maximum Gasteiger partial charge on any atom is 0.222 e. The van der Waals surface area contributed by atoms with E-state index < -0.39 is 0 Å². The maximum absolute atomic E-state index is 11.4. The highest BCUT2D eigenvalue weighted by molar-refractivity contribution is 5.78. The molecule has 4 nitrogen and oxygen atoms in total. The molecule has 1 heterocycles. The third-order valence-corrected chi connectivity index (χ3v) is 3.47. The van der Waals surface area contributed by atoms with Crippen LogP contribution in [0.1, 0.15) is 26.7 Å². The van der Waals surface area contributed by atoms with Gasteiger partial charge in [-0.05, 0) is 39.8 Å². The fraction of sp³-hybridized carbons (Fsp3) is 0.909. The van der Waals surface area contributed by atoms with Crippen LogP contribution in [0.4, 0.5) is 0 Å². The smallest absolute Gasteiger partial charge is 0.222 e. The monoisotopic (exact) mass is 213 g/mol. The van der Waals surface area contributed by atoms with Gasteiger partial charge < -0.3 is 11.1 Å². The summed E-state index contributed by atoms with van der Waals surface area (Å²) in [5.74, 6) is 0.375. The molecule has 1 aliphatic heterocycles. The van der Waals surface area contributed by atoms with Gasteiger partial charge in [0.05, 0.1) is 0 Å². The number of rotatable bonds is 3. The minimum absolute atomic E-state index is 0.0632. The van der Waals surface area contributed by atoms with E-state index in [1.807, 2.05) is 0 Å². The molecule has 0 radical (unpaired) electrons. The highest BCUT2D eigenvalue weighted by Crippen LogP contribution is 2.23. The zero-order valence-electron chi connectivity index (χ0n) is 10.0. The number of piperidine rings is 1.